The lowest BCUT2D eigenvalue weighted by molar-refractivity contribution is 0.206. The highest BCUT2D eigenvalue weighted by Crippen LogP contribution is 2.22. The van der Waals surface area contributed by atoms with Gasteiger partial charge in [-0.3, -0.25) is 4.98 Å². The molecule has 1 unspecified atom stereocenters. The number of aliphatic imine (C=N–C) groups is 1. The maximum Gasteiger partial charge on any atom is 0.347 e. The van der Waals surface area contributed by atoms with Crippen molar-refractivity contribution in [2.45, 2.75) is 19.3 Å². The number of anilines is 1. The number of nitrogens with two attached hydrogens (primary N) is 1. The number of nitrogens with one attached hydrogen (secondary N) is 1. The quantitative estimate of drug-likeness (QED) is 0.498. The highest BCUT2D eigenvalue weighted by atomic mass is 16.2. The van der Waals surface area contributed by atoms with Crippen LogP contribution in [0.2, 0.25) is 0 Å². The molecular weight excluding hydrogens is 374 g/mol. The van der Waals surface area contributed by atoms with Gasteiger partial charge < -0.3 is 16.0 Å². The summed E-state index contributed by atoms with van der Waals surface area (Å²) in [6, 6.07) is 17.7. The summed E-state index contributed by atoms with van der Waals surface area (Å²) in [7, 11) is 0. The predicted octanol–water partition coefficient (Wildman–Crippen LogP) is 4.08. The van der Waals surface area contributed by atoms with E-state index in [1.54, 1.807) is 12.4 Å². The van der Waals surface area contributed by atoms with E-state index in [1.165, 1.54) is 5.56 Å². The van der Waals surface area contributed by atoms with Crippen LogP contribution < -0.4 is 11.1 Å². The second-order valence-electron chi connectivity index (χ2n) is 7.74. The first-order chi connectivity index (χ1) is 14.7. The molecule has 2 aromatic carbocycles. The zero-order valence-electron chi connectivity index (χ0n) is 17.0. The van der Waals surface area contributed by atoms with Gasteiger partial charge in [-0.15, -0.1) is 0 Å². The van der Waals surface area contributed by atoms with E-state index in [0.717, 1.165) is 49.7 Å². The first-order valence-corrected chi connectivity index (χ1v) is 10.4. The van der Waals surface area contributed by atoms with Gasteiger partial charge in [-0.2, -0.15) is 4.99 Å². The summed E-state index contributed by atoms with van der Waals surface area (Å²) in [5, 5.41) is 4.76. The molecule has 6 heteroatoms. The largest absolute Gasteiger partial charge is 0.387 e. The van der Waals surface area contributed by atoms with E-state index >= 15 is 0 Å². The SMILES string of the molecule is N/C(=N\C(=O)Nc1cccc2cnccc12)C1CCCN(CCc2ccccc2)C1. The molecule has 0 bridgehead atoms. The van der Waals surface area contributed by atoms with Crippen LogP contribution in [0, 0.1) is 5.92 Å². The minimum absolute atomic E-state index is 0.108. The topological polar surface area (TPSA) is 83.6 Å². The van der Waals surface area contributed by atoms with Gasteiger partial charge in [0.2, 0.25) is 0 Å². The Hall–Kier alpha value is -3.25. The molecule has 1 saturated heterocycles. The fourth-order valence-corrected chi connectivity index (χ4v) is 4.02. The number of benzene rings is 2. The molecular formula is C24H27N5O. The Morgan fingerprint density at radius 3 is 2.90 bits per heavy atom. The maximum absolute atomic E-state index is 12.5. The number of amides is 2. The third-order valence-corrected chi connectivity index (χ3v) is 5.64. The minimum atomic E-state index is -0.432. The second kappa shape index (κ2) is 9.50. The van der Waals surface area contributed by atoms with Crippen molar-refractivity contribution in [3.8, 4) is 0 Å². The molecule has 0 radical (unpaired) electrons. The zero-order chi connectivity index (χ0) is 20.8. The smallest absolute Gasteiger partial charge is 0.347 e. The number of pyridine rings is 1. The van der Waals surface area contributed by atoms with Crippen LogP contribution in [0.25, 0.3) is 10.8 Å². The number of rotatable bonds is 5. The molecule has 4 rings (SSSR count). The highest BCUT2D eigenvalue weighted by molar-refractivity contribution is 6.05. The minimum Gasteiger partial charge on any atom is -0.387 e. The Kier molecular flexibility index (Phi) is 6.35. The van der Waals surface area contributed by atoms with Crippen molar-refractivity contribution in [3.63, 3.8) is 0 Å². The molecule has 0 saturated carbocycles. The summed E-state index contributed by atoms with van der Waals surface area (Å²) >= 11 is 0. The Bertz CT molecular complexity index is 1030. The van der Waals surface area contributed by atoms with Gasteiger partial charge in [-0.25, -0.2) is 4.79 Å². The average molecular weight is 402 g/mol. The number of hydrogen-bond acceptors (Lipinski definition) is 3. The number of nitrogens with zero attached hydrogens (tertiary/aromatic N) is 3. The van der Waals surface area contributed by atoms with Crippen molar-refractivity contribution in [3.05, 3.63) is 72.6 Å². The van der Waals surface area contributed by atoms with Crippen LogP contribution in [0.1, 0.15) is 18.4 Å². The maximum atomic E-state index is 12.5. The first kappa shape index (κ1) is 20.0. The van der Waals surface area contributed by atoms with Crippen LogP contribution in [0.3, 0.4) is 0 Å². The van der Waals surface area contributed by atoms with Crippen LogP contribution in [-0.2, 0) is 6.42 Å². The van der Waals surface area contributed by atoms with Crippen LogP contribution >= 0.6 is 0 Å². The number of aromatic nitrogens is 1. The lowest BCUT2D eigenvalue weighted by atomic mass is 9.96. The second-order valence-corrected chi connectivity index (χ2v) is 7.74. The zero-order valence-corrected chi connectivity index (χ0v) is 17.0. The number of carbonyl (C=O) groups is 1. The normalized spacial score (nSPS) is 17.7. The van der Waals surface area contributed by atoms with E-state index in [4.69, 9.17) is 5.73 Å². The molecule has 1 atom stereocenters. The van der Waals surface area contributed by atoms with E-state index in [2.05, 4.69) is 44.5 Å². The Morgan fingerprint density at radius 1 is 1.17 bits per heavy atom. The first-order valence-electron chi connectivity index (χ1n) is 10.4. The van der Waals surface area contributed by atoms with Gasteiger partial charge in [0.25, 0.3) is 0 Å². The van der Waals surface area contributed by atoms with Gasteiger partial charge in [0.1, 0.15) is 5.84 Å². The molecule has 2 amide bonds. The van der Waals surface area contributed by atoms with Crippen LogP contribution in [0.15, 0.2) is 72.0 Å². The summed E-state index contributed by atoms with van der Waals surface area (Å²) in [6.45, 7) is 2.90. The fraction of sp³-hybridized carbons (Fsp3) is 0.292. The number of fused-ring (bicyclic) bond motifs is 1. The van der Waals surface area contributed by atoms with Crippen LogP contribution in [0.4, 0.5) is 10.5 Å². The van der Waals surface area contributed by atoms with Crippen molar-refractivity contribution in [2.24, 2.45) is 16.6 Å². The number of urea groups is 1. The molecule has 3 N–H and O–H groups in total. The lowest BCUT2D eigenvalue weighted by Gasteiger charge is -2.32. The third-order valence-electron chi connectivity index (χ3n) is 5.64. The molecule has 1 aliphatic heterocycles. The van der Waals surface area contributed by atoms with Gasteiger partial charge in [0, 0.05) is 42.2 Å². The highest BCUT2D eigenvalue weighted by Gasteiger charge is 2.23. The van der Waals surface area contributed by atoms with Gasteiger partial charge in [-0.05, 0) is 43.5 Å². The third kappa shape index (κ3) is 5.02. The fourth-order valence-electron chi connectivity index (χ4n) is 4.02. The van der Waals surface area contributed by atoms with Crippen molar-refractivity contribution in [1.29, 1.82) is 0 Å². The summed E-state index contributed by atoms with van der Waals surface area (Å²) < 4.78 is 0. The standard InChI is InChI=1S/C24H27N5O/c25-23(20-9-5-14-29(17-20)15-12-18-6-2-1-3-7-18)28-24(30)27-22-10-4-8-19-16-26-13-11-21(19)22/h1-4,6-8,10-11,13,16,20H,5,9,12,14-15,17H2,(H3,25,27,28,30). The predicted molar refractivity (Wildman–Crippen MR) is 122 cm³/mol. The molecule has 154 valence electrons. The van der Waals surface area contributed by atoms with E-state index in [1.807, 2.05) is 30.3 Å². The van der Waals surface area contributed by atoms with Crippen molar-refractivity contribution < 1.29 is 4.79 Å². The van der Waals surface area contributed by atoms with Crippen molar-refractivity contribution >= 4 is 28.3 Å². The van der Waals surface area contributed by atoms with E-state index in [0.29, 0.717) is 11.5 Å². The molecule has 0 spiro atoms. The molecule has 30 heavy (non-hydrogen) atoms. The molecule has 1 aromatic heterocycles. The monoisotopic (exact) mass is 401 g/mol. The summed E-state index contributed by atoms with van der Waals surface area (Å²) in [5.74, 6) is 0.524. The van der Waals surface area contributed by atoms with Gasteiger partial charge in [0.15, 0.2) is 0 Å². The molecule has 6 nitrogen and oxygen atoms in total. The lowest BCUT2D eigenvalue weighted by Crippen LogP contribution is -2.42. The van der Waals surface area contributed by atoms with Crippen LogP contribution in [-0.4, -0.2) is 41.4 Å². The Morgan fingerprint density at radius 2 is 2.03 bits per heavy atom. The van der Waals surface area contributed by atoms with Crippen LogP contribution in [0.5, 0.6) is 0 Å². The molecule has 3 aromatic rings. The number of piperidine rings is 1. The summed E-state index contributed by atoms with van der Waals surface area (Å²) in [6.07, 6.45) is 6.52. The Labute approximate surface area is 176 Å². The summed E-state index contributed by atoms with van der Waals surface area (Å²) in [5.41, 5.74) is 8.29. The van der Waals surface area contributed by atoms with E-state index < -0.39 is 6.03 Å². The number of likely N-dealkylation sites (tertiary alicyclic amines) is 1. The van der Waals surface area contributed by atoms with E-state index in [9.17, 15) is 4.79 Å². The van der Waals surface area contributed by atoms with Gasteiger partial charge >= 0.3 is 6.03 Å². The van der Waals surface area contributed by atoms with Gasteiger partial charge in [-0.1, -0.05) is 42.5 Å². The molecule has 2 heterocycles. The molecule has 1 fully saturated rings. The number of amidine groups is 1. The average Bonchev–Trinajstić information content (AvgIpc) is 2.79. The van der Waals surface area contributed by atoms with Crippen molar-refractivity contribution in [1.82, 2.24) is 9.88 Å². The van der Waals surface area contributed by atoms with Gasteiger partial charge in [0.05, 0.1) is 5.69 Å². The molecule has 1 aliphatic rings. The number of carbonyl (C=O) groups excluding carboxylic acids is 1. The summed E-state index contributed by atoms with van der Waals surface area (Å²) in [4.78, 5) is 23.2. The molecule has 0 aliphatic carbocycles. The van der Waals surface area contributed by atoms with Crippen molar-refractivity contribution in [2.75, 3.05) is 25.0 Å². The Balaban J connectivity index is 1.36. The van der Waals surface area contributed by atoms with E-state index in [-0.39, 0.29) is 5.92 Å². The number of hydrogen-bond donors (Lipinski definition) is 2.